The Hall–Kier alpha value is -3.17. The molecule has 0 bridgehead atoms. The lowest BCUT2D eigenvalue weighted by Crippen LogP contribution is -2.29. The van der Waals surface area contributed by atoms with Crippen molar-refractivity contribution in [3.63, 3.8) is 0 Å². The number of hydrogen-bond donors (Lipinski definition) is 1. The number of nitrogens with one attached hydrogen (secondary N) is 1. The summed E-state index contributed by atoms with van der Waals surface area (Å²) >= 11 is 6.01. The minimum absolute atomic E-state index is 0.119. The molecule has 0 atom stereocenters. The van der Waals surface area contributed by atoms with Gasteiger partial charge in [-0.2, -0.15) is 0 Å². The first-order valence-electron chi connectivity index (χ1n) is 9.91. The van der Waals surface area contributed by atoms with Gasteiger partial charge in [0.2, 0.25) is 0 Å². The fraction of sp³-hybridized carbons (Fsp3) is 0.154. The lowest BCUT2D eigenvalue weighted by atomic mass is 9.88. The number of amides is 1. The predicted molar refractivity (Wildman–Crippen MR) is 122 cm³/mol. The Morgan fingerprint density at radius 2 is 1.50 bits per heavy atom. The molecule has 3 aromatic carbocycles. The van der Waals surface area contributed by atoms with Gasteiger partial charge < -0.3 is 5.32 Å². The molecular weight excluding hydrogens is 394 g/mol. The second kappa shape index (κ2) is 10.6. The van der Waals surface area contributed by atoms with Crippen LogP contribution in [-0.4, -0.2) is 18.2 Å². The van der Waals surface area contributed by atoms with Crippen LogP contribution in [0.5, 0.6) is 0 Å². The van der Waals surface area contributed by atoms with Crippen LogP contribution in [0.4, 0.5) is 0 Å². The third kappa shape index (κ3) is 5.91. The molecule has 0 aliphatic carbocycles. The average molecular weight is 418 g/mol. The Morgan fingerprint density at radius 1 is 0.900 bits per heavy atom. The Balaban J connectivity index is 1.72. The van der Waals surface area contributed by atoms with Crippen LogP contribution in [-0.2, 0) is 9.59 Å². The zero-order valence-electron chi connectivity index (χ0n) is 16.8. The maximum Gasteiger partial charge on any atom is 0.254 e. The van der Waals surface area contributed by atoms with Crippen molar-refractivity contribution < 1.29 is 9.59 Å². The van der Waals surface area contributed by atoms with Crippen molar-refractivity contribution in [1.82, 2.24) is 5.32 Å². The van der Waals surface area contributed by atoms with Crippen LogP contribution < -0.4 is 5.32 Å². The molecule has 3 nitrogen and oxygen atoms in total. The van der Waals surface area contributed by atoms with Crippen LogP contribution in [0, 0.1) is 0 Å². The third-order valence-corrected chi connectivity index (χ3v) is 5.14. The summed E-state index contributed by atoms with van der Waals surface area (Å²) in [5.74, 6) is -0.497. The Kier molecular flexibility index (Phi) is 7.58. The van der Waals surface area contributed by atoms with E-state index in [1.807, 2.05) is 42.5 Å². The van der Waals surface area contributed by atoms with E-state index in [1.165, 1.54) is 18.1 Å². The van der Waals surface area contributed by atoms with Crippen LogP contribution in [0.3, 0.4) is 0 Å². The molecule has 1 N–H and O–H groups in total. The van der Waals surface area contributed by atoms with Crippen molar-refractivity contribution in [2.75, 3.05) is 6.54 Å². The average Bonchev–Trinajstić information content (AvgIpc) is 2.76. The van der Waals surface area contributed by atoms with Gasteiger partial charge in [0.15, 0.2) is 5.78 Å². The van der Waals surface area contributed by atoms with E-state index < -0.39 is 0 Å². The van der Waals surface area contributed by atoms with Gasteiger partial charge in [0.1, 0.15) is 0 Å². The largest absolute Gasteiger partial charge is 0.352 e. The number of ketones is 1. The van der Waals surface area contributed by atoms with Crippen LogP contribution in [0.1, 0.15) is 36.0 Å². The molecule has 0 saturated heterocycles. The second-order valence-corrected chi connectivity index (χ2v) is 7.52. The summed E-state index contributed by atoms with van der Waals surface area (Å²) in [5.41, 5.74) is 3.22. The van der Waals surface area contributed by atoms with Crippen molar-refractivity contribution in [3.05, 3.63) is 112 Å². The van der Waals surface area contributed by atoms with Crippen molar-refractivity contribution in [2.24, 2.45) is 0 Å². The first-order valence-corrected chi connectivity index (χ1v) is 10.3. The Morgan fingerprint density at radius 3 is 2.03 bits per heavy atom. The van der Waals surface area contributed by atoms with Crippen LogP contribution in [0.25, 0.3) is 6.08 Å². The summed E-state index contributed by atoms with van der Waals surface area (Å²) in [7, 11) is 0. The number of carbonyl (C=O) groups excluding carboxylic acids is 2. The van der Waals surface area contributed by atoms with Crippen LogP contribution in [0.15, 0.2) is 90.5 Å². The van der Waals surface area contributed by atoms with Gasteiger partial charge >= 0.3 is 0 Å². The maximum absolute atomic E-state index is 12.7. The lowest BCUT2D eigenvalue weighted by Gasteiger charge is -2.18. The number of benzene rings is 3. The van der Waals surface area contributed by atoms with Gasteiger partial charge in [-0.15, -0.1) is 0 Å². The van der Waals surface area contributed by atoms with E-state index in [4.69, 9.17) is 11.6 Å². The van der Waals surface area contributed by atoms with Gasteiger partial charge in [0.25, 0.3) is 5.91 Å². The van der Waals surface area contributed by atoms with E-state index in [1.54, 1.807) is 24.3 Å². The molecule has 152 valence electrons. The monoisotopic (exact) mass is 417 g/mol. The highest BCUT2D eigenvalue weighted by molar-refractivity contribution is 6.30. The Bertz CT molecular complexity index is 990. The second-order valence-electron chi connectivity index (χ2n) is 7.09. The normalized spacial score (nSPS) is 11.4. The first-order chi connectivity index (χ1) is 14.5. The number of halogens is 1. The molecule has 0 fully saturated rings. The summed E-state index contributed by atoms with van der Waals surface area (Å²) in [5, 5.41) is 3.46. The molecular formula is C26H24ClNO2. The number of carbonyl (C=O) groups is 2. The van der Waals surface area contributed by atoms with E-state index in [0.717, 1.165) is 6.42 Å². The van der Waals surface area contributed by atoms with Crippen molar-refractivity contribution in [1.29, 1.82) is 0 Å². The third-order valence-electron chi connectivity index (χ3n) is 4.91. The number of hydrogen-bond acceptors (Lipinski definition) is 2. The topological polar surface area (TPSA) is 46.2 Å². The van der Waals surface area contributed by atoms with Crippen LogP contribution >= 0.6 is 11.6 Å². The minimum atomic E-state index is -0.373. The van der Waals surface area contributed by atoms with Crippen molar-refractivity contribution in [2.45, 2.75) is 19.3 Å². The highest BCUT2D eigenvalue weighted by Crippen LogP contribution is 2.27. The smallest absolute Gasteiger partial charge is 0.254 e. The molecule has 0 radical (unpaired) electrons. The van der Waals surface area contributed by atoms with E-state index in [9.17, 15) is 9.59 Å². The zero-order valence-corrected chi connectivity index (χ0v) is 17.6. The Labute approximate surface area is 182 Å². The molecule has 3 aromatic rings. The van der Waals surface area contributed by atoms with E-state index >= 15 is 0 Å². The predicted octanol–water partition coefficient (Wildman–Crippen LogP) is 5.65. The van der Waals surface area contributed by atoms with E-state index in [0.29, 0.717) is 17.1 Å². The fourth-order valence-corrected chi connectivity index (χ4v) is 3.61. The van der Waals surface area contributed by atoms with E-state index in [2.05, 4.69) is 29.6 Å². The van der Waals surface area contributed by atoms with Gasteiger partial charge in [0, 0.05) is 17.5 Å². The van der Waals surface area contributed by atoms with Gasteiger partial charge in [-0.1, -0.05) is 84.4 Å². The standard InChI is InChI=1S/C26H24ClNO2/c1-19(29)25(18-20-9-8-14-23(27)17-20)26(30)28-16-15-24(21-10-4-2-5-11-21)22-12-6-3-7-13-22/h2-14,17-18,24H,15-16H2,1H3,(H,28,30)/b25-18-. The molecule has 30 heavy (non-hydrogen) atoms. The fourth-order valence-electron chi connectivity index (χ4n) is 3.41. The molecule has 0 aliphatic rings. The molecule has 0 spiro atoms. The van der Waals surface area contributed by atoms with Crippen LogP contribution in [0.2, 0.25) is 5.02 Å². The number of Topliss-reactive ketones (excluding diaryl/α,β-unsaturated/α-hetero) is 1. The SMILES string of the molecule is CC(=O)/C(=C/c1cccc(Cl)c1)C(=O)NCCC(c1ccccc1)c1ccccc1. The number of rotatable bonds is 8. The zero-order chi connectivity index (χ0) is 21.3. The van der Waals surface area contributed by atoms with Gasteiger partial charge in [-0.3, -0.25) is 9.59 Å². The highest BCUT2D eigenvalue weighted by atomic mass is 35.5. The molecule has 3 rings (SSSR count). The molecule has 0 aliphatic heterocycles. The summed E-state index contributed by atoms with van der Waals surface area (Å²) in [6.07, 6.45) is 2.30. The first kappa shape index (κ1) is 21.5. The van der Waals surface area contributed by atoms with Gasteiger partial charge in [0.05, 0.1) is 5.57 Å². The minimum Gasteiger partial charge on any atom is -0.352 e. The molecule has 4 heteroatoms. The van der Waals surface area contributed by atoms with Gasteiger partial charge in [-0.05, 0) is 48.2 Å². The van der Waals surface area contributed by atoms with E-state index in [-0.39, 0.29) is 23.2 Å². The maximum atomic E-state index is 12.7. The quantitative estimate of drug-likeness (QED) is 0.292. The lowest BCUT2D eigenvalue weighted by molar-refractivity contribution is -0.121. The summed E-state index contributed by atoms with van der Waals surface area (Å²) in [6.45, 7) is 1.85. The van der Waals surface area contributed by atoms with Crippen molar-refractivity contribution >= 4 is 29.4 Å². The highest BCUT2D eigenvalue weighted by Gasteiger charge is 2.17. The summed E-state index contributed by atoms with van der Waals surface area (Å²) in [6, 6.07) is 27.5. The molecule has 0 heterocycles. The summed E-state index contributed by atoms with van der Waals surface area (Å²) in [4.78, 5) is 24.7. The summed E-state index contributed by atoms with van der Waals surface area (Å²) < 4.78 is 0. The molecule has 0 saturated carbocycles. The molecule has 1 amide bonds. The van der Waals surface area contributed by atoms with Gasteiger partial charge in [-0.25, -0.2) is 0 Å². The molecule has 0 aromatic heterocycles. The van der Waals surface area contributed by atoms with Crippen molar-refractivity contribution in [3.8, 4) is 0 Å². The molecule has 0 unspecified atom stereocenters.